The van der Waals surface area contributed by atoms with Gasteiger partial charge in [-0.05, 0) is 47.9 Å². The normalized spacial score (nSPS) is 19.3. The van der Waals surface area contributed by atoms with E-state index >= 15 is 0 Å². The van der Waals surface area contributed by atoms with Crippen LogP contribution >= 0.6 is 0 Å². The van der Waals surface area contributed by atoms with Gasteiger partial charge in [-0.3, -0.25) is 9.59 Å². The van der Waals surface area contributed by atoms with Crippen LogP contribution in [0.2, 0.25) is 0 Å². The number of hydrogen-bond donors (Lipinski definition) is 2. The topological polar surface area (TPSA) is 72.9 Å². The van der Waals surface area contributed by atoms with Gasteiger partial charge in [0.05, 0.1) is 11.5 Å². The lowest BCUT2D eigenvalue weighted by atomic mass is 9.99. The molecule has 0 spiro atoms. The molecule has 176 valence electrons. The molecule has 0 bridgehead atoms. The Hall–Kier alpha value is -3.45. The maximum atomic E-state index is 14.5. The molecule has 2 heterocycles. The molecule has 0 aromatic heterocycles. The van der Waals surface area contributed by atoms with Crippen molar-refractivity contribution >= 4 is 28.3 Å². The number of anilines is 1. The van der Waals surface area contributed by atoms with Gasteiger partial charge in [-0.1, -0.05) is 42.5 Å². The molecule has 2 fully saturated rings. The van der Waals surface area contributed by atoms with Gasteiger partial charge in [-0.15, -0.1) is 0 Å². The molecule has 2 atom stereocenters. The van der Waals surface area contributed by atoms with E-state index in [1.165, 1.54) is 27.3 Å². The fourth-order valence-electron chi connectivity index (χ4n) is 5.05. The first-order valence-electron chi connectivity index (χ1n) is 11.7. The molecule has 2 aliphatic heterocycles. The summed E-state index contributed by atoms with van der Waals surface area (Å²) in [5, 5.41) is 15.2. The van der Waals surface area contributed by atoms with Crippen molar-refractivity contribution in [3.05, 3.63) is 77.6 Å². The fourth-order valence-corrected chi connectivity index (χ4v) is 5.05. The Labute approximate surface area is 198 Å². The van der Waals surface area contributed by atoms with Crippen molar-refractivity contribution in [1.82, 2.24) is 10.2 Å². The zero-order chi connectivity index (χ0) is 23.8. The Morgan fingerprint density at radius 1 is 1.06 bits per heavy atom. The standard InChI is InChI=1S/C27H28FN3O3/c1-17(22-8-4-6-18-5-2-3-7-23(18)22)29-20-11-12-30(16-20)21-9-10-25(28)24(13-21)26(32)31-14-19(15-31)27(33)34/h2-10,13,17,19-20,29H,11-12,14-16H2,1H3,(H,33,34)/t17-,20+/m1/s1. The van der Waals surface area contributed by atoms with E-state index in [1.54, 1.807) is 12.1 Å². The van der Waals surface area contributed by atoms with Gasteiger partial charge in [0.1, 0.15) is 5.82 Å². The Balaban J connectivity index is 1.25. The number of rotatable bonds is 6. The van der Waals surface area contributed by atoms with Crippen molar-refractivity contribution in [2.75, 3.05) is 31.1 Å². The van der Waals surface area contributed by atoms with E-state index in [-0.39, 0.29) is 30.7 Å². The zero-order valence-electron chi connectivity index (χ0n) is 19.1. The number of amides is 1. The van der Waals surface area contributed by atoms with Crippen LogP contribution in [0.15, 0.2) is 60.7 Å². The minimum absolute atomic E-state index is 0.00173. The number of hydrogen-bond acceptors (Lipinski definition) is 4. The minimum Gasteiger partial charge on any atom is -0.481 e. The highest BCUT2D eigenvalue weighted by Gasteiger charge is 2.37. The van der Waals surface area contributed by atoms with Gasteiger partial charge in [0.15, 0.2) is 0 Å². The molecule has 0 radical (unpaired) electrons. The van der Waals surface area contributed by atoms with Gasteiger partial charge in [-0.25, -0.2) is 4.39 Å². The molecule has 0 saturated carbocycles. The molecule has 0 unspecified atom stereocenters. The molecular formula is C27H28FN3O3. The summed E-state index contributed by atoms with van der Waals surface area (Å²) < 4.78 is 14.5. The summed E-state index contributed by atoms with van der Waals surface area (Å²) in [5.41, 5.74) is 2.07. The van der Waals surface area contributed by atoms with E-state index in [1.807, 2.05) is 6.07 Å². The van der Waals surface area contributed by atoms with Crippen LogP contribution in [0.1, 0.15) is 35.3 Å². The SMILES string of the molecule is C[C@@H](N[C@H]1CCN(c2ccc(F)c(C(=O)N3CC(C(=O)O)C3)c2)C1)c1cccc2ccccc12. The smallest absolute Gasteiger partial charge is 0.310 e. The predicted octanol–water partition coefficient (Wildman–Crippen LogP) is 4.07. The van der Waals surface area contributed by atoms with Crippen molar-refractivity contribution in [2.45, 2.75) is 25.4 Å². The number of fused-ring (bicyclic) bond motifs is 1. The maximum absolute atomic E-state index is 14.5. The molecule has 0 aliphatic carbocycles. The summed E-state index contributed by atoms with van der Waals surface area (Å²) in [5.74, 6) is -2.52. The first kappa shape index (κ1) is 22.3. The molecule has 3 aromatic carbocycles. The molecule has 7 heteroatoms. The molecule has 6 nitrogen and oxygen atoms in total. The molecule has 2 saturated heterocycles. The summed E-state index contributed by atoms with van der Waals surface area (Å²) in [6.45, 7) is 4.00. The van der Waals surface area contributed by atoms with Gasteiger partial charge >= 0.3 is 5.97 Å². The molecular weight excluding hydrogens is 433 g/mol. The van der Waals surface area contributed by atoms with Crippen molar-refractivity contribution in [3.8, 4) is 0 Å². The predicted molar refractivity (Wildman–Crippen MR) is 130 cm³/mol. The monoisotopic (exact) mass is 461 g/mol. The second-order valence-corrected chi connectivity index (χ2v) is 9.30. The summed E-state index contributed by atoms with van der Waals surface area (Å²) in [7, 11) is 0. The van der Waals surface area contributed by atoms with E-state index in [2.05, 4.69) is 53.5 Å². The highest BCUT2D eigenvalue weighted by atomic mass is 19.1. The average molecular weight is 462 g/mol. The Bertz CT molecular complexity index is 1240. The van der Waals surface area contributed by atoms with Crippen LogP contribution in [0.25, 0.3) is 10.8 Å². The highest BCUT2D eigenvalue weighted by Crippen LogP contribution is 2.28. The first-order chi connectivity index (χ1) is 16.4. The lowest BCUT2D eigenvalue weighted by molar-refractivity contribution is -0.146. The van der Waals surface area contributed by atoms with E-state index in [9.17, 15) is 14.0 Å². The van der Waals surface area contributed by atoms with Gasteiger partial charge in [0.25, 0.3) is 5.91 Å². The lowest BCUT2D eigenvalue weighted by Gasteiger charge is -2.36. The molecule has 2 N–H and O–H groups in total. The first-order valence-corrected chi connectivity index (χ1v) is 11.7. The van der Waals surface area contributed by atoms with Crippen LogP contribution < -0.4 is 10.2 Å². The van der Waals surface area contributed by atoms with Crippen molar-refractivity contribution in [2.24, 2.45) is 5.92 Å². The van der Waals surface area contributed by atoms with Gasteiger partial charge in [0.2, 0.25) is 0 Å². The van der Waals surface area contributed by atoms with Crippen molar-refractivity contribution in [1.29, 1.82) is 0 Å². The molecule has 2 aliphatic rings. The second kappa shape index (κ2) is 9.06. The summed E-state index contributed by atoms with van der Waals surface area (Å²) in [6.07, 6.45) is 0.947. The maximum Gasteiger partial charge on any atom is 0.310 e. The van der Waals surface area contributed by atoms with Crippen LogP contribution in [0.4, 0.5) is 10.1 Å². The second-order valence-electron chi connectivity index (χ2n) is 9.30. The van der Waals surface area contributed by atoms with Crippen LogP contribution in [0, 0.1) is 11.7 Å². The van der Waals surface area contributed by atoms with Gasteiger partial charge in [-0.2, -0.15) is 0 Å². The Morgan fingerprint density at radius 3 is 2.62 bits per heavy atom. The number of aliphatic carboxylic acids is 1. The Kier molecular flexibility index (Phi) is 5.96. The van der Waals surface area contributed by atoms with E-state index in [0.717, 1.165) is 25.2 Å². The summed E-state index contributed by atoms with van der Waals surface area (Å²) >= 11 is 0. The van der Waals surface area contributed by atoms with Crippen LogP contribution in [0.3, 0.4) is 0 Å². The van der Waals surface area contributed by atoms with Crippen LogP contribution in [-0.2, 0) is 4.79 Å². The fraction of sp³-hybridized carbons (Fsp3) is 0.333. The minimum atomic E-state index is -0.924. The molecule has 1 amide bonds. The molecule has 5 rings (SSSR count). The quantitative estimate of drug-likeness (QED) is 0.579. The van der Waals surface area contributed by atoms with E-state index in [0.29, 0.717) is 0 Å². The van der Waals surface area contributed by atoms with Crippen LogP contribution in [-0.4, -0.2) is 54.1 Å². The number of carboxylic acid groups (broad SMARTS) is 1. The summed E-state index contributed by atoms with van der Waals surface area (Å²) in [4.78, 5) is 27.3. The highest BCUT2D eigenvalue weighted by molar-refractivity contribution is 5.96. The zero-order valence-corrected chi connectivity index (χ0v) is 19.1. The third-order valence-corrected chi connectivity index (χ3v) is 7.03. The Morgan fingerprint density at radius 2 is 1.82 bits per heavy atom. The number of carbonyl (C=O) groups is 2. The number of carbonyl (C=O) groups excluding carboxylic acids is 1. The van der Waals surface area contributed by atoms with Crippen molar-refractivity contribution < 1.29 is 19.1 Å². The summed E-state index contributed by atoms with van der Waals surface area (Å²) in [6, 6.07) is 19.8. The average Bonchev–Trinajstić information content (AvgIpc) is 3.26. The van der Waals surface area contributed by atoms with Crippen LogP contribution in [0.5, 0.6) is 0 Å². The number of nitrogens with zero attached hydrogens (tertiary/aromatic N) is 2. The third kappa shape index (κ3) is 4.23. The number of likely N-dealkylation sites (tertiary alicyclic amines) is 1. The number of nitrogens with one attached hydrogen (secondary N) is 1. The van der Waals surface area contributed by atoms with Crippen molar-refractivity contribution in [3.63, 3.8) is 0 Å². The number of benzene rings is 3. The molecule has 34 heavy (non-hydrogen) atoms. The van der Waals surface area contributed by atoms with Gasteiger partial charge < -0.3 is 20.2 Å². The van der Waals surface area contributed by atoms with E-state index < -0.39 is 23.6 Å². The number of carboxylic acids is 1. The van der Waals surface area contributed by atoms with Gasteiger partial charge in [0, 0.05) is 44.0 Å². The van der Waals surface area contributed by atoms with E-state index in [4.69, 9.17) is 5.11 Å². The third-order valence-electron chi connectivity index (χ3n) is 7.03. The largest absolute Gasteiger partial charge is 0.481 e. The lowest BCUT2D eigenvalue weighted by Crippen LogP contribution is -2.53. The number of halogens is 1. The molecule has 3 aromatic rings.